The molecule has 22 heavy (non-hydrogen) atoms. The van der Waals surface area contributed by atoms with Crippen LogP contribution in [-0.4, -0.2) is 68.5 Å². The number of aliphatic hydroxyl groups excluding tert-OH is 1. The number of likely N-dealkylation sites (N-methyl/N-ethyl adjacent to an activating group) is 1. The molecule has 0 radical (unpaired) electrons. The number of methoxy groups -OCH3 is 1. The van der Waals surface area contributed by atoms with Crippen LogP contribution in [0.3, 0.4) is 0 Å². The summed E-state index contributed by atoms with van der Waals surface area (Å²) in [4.78, 5) is 4.60. The van der Waals surface area contributed by atoms with Crippen molar-refractivity contribution in [1.29, 1.82) is 0 Å². The van der Waals surface area contributed by atoms with Crippen molar-refractivity contribution < 1.29 is 14.6 Å². The summed E-state index contributed by atoms with van der Waals surface area (Å²) in [5.41, 5.74) is 1.20. The van der Waals surface area contributed by atoms with Crippen LogP contribution in [0.15, 0.2) is 18.2 Å². The van der Waals surface area contributed by atoms with E-state index in [1.165, 1.54) is 5.56 Å². The monoisotopic (exact) mass is 308 g/mol. The highest BCUT2D eigenvalue weighted by atomic mass is 16.5. The number of aliphatic hydroxyl groups is 1. The van der Waals surface area contributed by atoms with Gasteiger partial charge in [0, 0.05) is 38.2 Å². The van der Waals surface area contributed by atoms with Crippen molar-refractivity contribution in [3.63, 3.8) is 0 Å². The van der Waals surface area contributed by atoms with E-state index in [0.29, 0.717) is 18.6 Å². The Morgan fingerprint density at radius 3 is 2.59 bits per heavy atom. The third-order valence-electron chi connectivity index (χ3n) is 4.31. The number of likely N-dealkylation sites (tertiary alicyclic amines) is 1. The summed E-state index contributed by atoms with van der Waals surface area (Å²) in [5.74, 6) is 1.88. The van der Waals surface area contributed by atoms with Gasteiger partial charge in [-0.15, -0.1) is 0 Å². The van der Waals surface area contributed by atoms with Gasteiger partial charge in [-0.25, -0.2) is 0 Å². The van der Waals surface area contributed by atoms with E-state index in [1.807, 2.05) is 19.1 Å². The number of rotatable bonds is 7. The SMILES string of the molecule is CCOc1ccc(CN2C[C@@H](CO)[C@H](N(C)C)C2)cc1OC. The van der Waals surface area contributed by atoms with Gasteiger partial charge in [-0.05, 0) is 38.7 Å². The molecule has 0 aromatic heterocycles. The first-order valence-corrected chi connectivity index (χ1v) is 7.88. The highest BCUT2D eigenvalue weighted by molar-refractivity contribution is 5.43. The first kappa shape index (κ1) is 17.1. The molecule has 0 amide bonds. The van der Waals surface area contributed by atoms with Crippen molar-refractivity contribution in [2.24, 2.45) is 5.92 Å². The quantitative estimate of drug-likeness (QED) is 0.826. The van der Waals surface area contributed by atoms with Crippen molar-refractivity contribution in [3.05, 3.63) is 23.8 Å². The molecular formula is C17H28N2O3. The molecule has 124 valence electrons. The Morgan fingerprint density at radius 2 is 2.05 bits per heavy atom. The number of nitrogens with zero attached hydrogens (tertiary/aromatic N) is 2. The van der Waals surface area contributed by atoms with E-state index in [9.17, 15) is 5.11 Å². The van der Waals surface area contributed by atoms with Gasteiger partial charge in [-0.1, -0.05) is 6.07 Å². The molecule has 1 aliphatic heterocycles. The average Bonchev–Trinajstić information content (AvgIpc) is 2.92. The lowest BCUT2D eigenvalue weighted by Crippen LogP contribution is -2.36. The molecule has 5 nitrogen and oxygen atoms in total. The topological polar surface area (TPSA) is 45.2 Å². The minimum atomic E-state index is 0.242. The minimum absolute atomic E-state index is 0.242. The Bertz CT molecular complexity index is 479. The van der Waals surface area contributed by atoms with Crippen LogP contribution in [0.1, 0.15) is 12.5 Å². The largest absolute Gasteiger partial charge is 0.493 e. The number of hydrogen-bond acceptors (Lipinski definition) is 5. The fourth-order valence-electron chi connectivity index (χ4n) is 3.18. The lowest BCUT2D eigenvalue weighted by molar-refractivity contribution is 0.167. The maximum Gasteiger partial charge on any atom is 0.161 e. The molecule has 1 heterocycles. The van der Waals surface area contributed by atoms with Gasteiger partial charge in [0.1, 0.15) is 0 Å². The normalized spacial score (nSPS) is 22.3. The van der Waals surface area contributed by atoms with E-state index >= 15 is 0 Å². The molecule has 0 unspecified atom stereocenters. The van der Waals surface area contributed by atoms with E-state index in [4.69, 9.17) is 9.47 Å². The van der Waals surface area contributed by atoms with Crippen LogP contribution >= 0.6 is 0 Å². The third kappa shape index (κ3) is 3.91. The molecule has 5 heteroatoms. The Labute approximate surface area is 133 Å². The smallest absolute Gasteiger partial charge is 0.161 e. The van der Waals surface area contributed by atoms with Gasteiger partial charge in [0.15, 0.2) is 11.5 Å². The number of hydrogen-bond donors (Lipinski definition) is 1. The van der Waals surface area contributed by atoms with Crippen LogP contribution in [0.2, 0.25) is 0 Å². The Hall–Kier alpha value is -1.30. The van der Waals surface area contributed by atoms with E-state index in [-0.39, 0.29) is 6.61 Å². The van der Waals surface area contributed by atoms with Gasteiger partial charge in [0.05, 0.1) is 13.7 Å². The van der Waals surface area contributed by atoms with Gasteiger partial charge >= 0.3 is 0 Å². The number of benzene rings is 1. The molecule has 1 fully saturated rings. The predicted octanol–water partition coefficient (Wildman–Crippen LogP) is 1.45. The summed E-state index contributed by atoms with van der Waals surface area (Å²) in [6, 6.07) is 6.52. The predicted molar refractivity (Wildman–Crippen MR) is 87.5 cm³/mol. The molecule has 0 aliphatic carbocycles. The second kappa shape index (κ2) is 7.81. The molecule has 1 aromatic rings. The fraction of sp³-hybridized carbons (Fsp3) is 0.647. The standard InChI is InChI=1S/C17H28N2O3/c1-5-22-16-7-6-13(8-17(16)21-4)9-19-10-14(12-20)15(11-19)18(2)3/h6-8,14-15,20H,5,9-12H2,1-4H3/t14-,15+/m0/s1. The zero-order valence-corrected chi connectivity index (χ0v) is 14.1. The van der Waals surface area contributed by atoms with Gasteiger partial charge < -0.3 is 19.5 Å². The van der Waals surface area contributed by atoms with Crippen molar-refractivity contribution in [3.8, 4) is 11.5 Å². The highest BCUT2D eigenvalue weighted by Crippen LogP contribution is 2.29. The summed E-state index contributed by atoms with van der Waals surface area (Å²) in [6.45, 7) is 5.61. The van der Waals surface area contributed by atoms with Crippen molar-refractivity contribution >= 4 is 0 Å². The van der Waals surface area contributed by atoms with Crippen LogP contribution in [0.4, 0.5) is 0 Å². The summed E-state index contributed by atoms with van der Waals surface area (Å²) >= 11 is 0. The number of ether oxygens (including phenoxy) is 2. The second-order valence-corrected chi connectivity index (χ2v) is 6.09. The van der Waals surface area contributed by atoms with E-state index in [0.717, 1.165) is 31.1 Å². The Kier molecular flexibility index (Phi) is 6.06. The molecular weight excluding hydrogens is 280 g/mol. The molecule has 2 rings (SSSR count). The maximum atomic E-state index is 9.56. The molecule has 0 bridgehead atoms. The molecule has 0 saturated carbocycles. The second-order valence-electron chi connectivity index (χ2n) is 6.09. The molecule has 1 N–H and O–H groups in total. The molecule has 0 spiro atoms. The van der Waals surface area contributed by atoms with E-state index < -0.39 is 0 Å². The Morgan fingerprint density at radius 1 is 1.27 bits per heavy atom. The van der Waals surface area contributed by atoms with Crippen LogP contribution in [0, 0.1) is 5.92 Å². The highest BCUT2D eigenvalue weighted by Gasteiger charge is 2.33. The first-order chi connectivity index (χ1) is 10.6. The summed E-state index contributed by atoms with van der Waals surface area (Å²) in [6.07, 6.45) is 0. The average molecular weight is 308 g/mol. The molecule has 1 aromatic carbocycles. The zero-order valence-electron chi connectivity index (χ0n) is 14.1. The fourth-order valence-corrected chi connectivity index (χ4v) is 3.18. The van der Waals surface area contributed by atoms with Gasteiger partial charge in [-0.2, -0.15) is 0 Å². The first-order valence-electron chi connectivity index (χ1n) is 7.88. The van der Waals surface area contributed by atoms with Crippen molar-refractivity contribution in [2.45, 2.75) is 19.5 Å². The van der Waals surface area contributed by atoms with E-state index in [1.54, 1.807) is 7.11 Å². The zero-order chi connectivity index (χ0) is 16.1. The summed E-state index contributed by atoms with van der Waals surface area (Å²) in [7, 11) is 5.83. The third-order valence-corrected chi connectivity index (χ3v) is 4.31. The summed E-state index contributed by atoms with van der Waals surface area (Å²) in [5, 5.41) is 9.56. The van der Waals surface area contributed by atoms with Crippen molar-refractivity contribution in [2.75, 3.05) is 47.5 Å². The molecule has 2 atom stereocenters. The van der Waals surface area contributed by atoms with Gasteiger partial charge in [-0.3, -0.25) is 4.90 Å². The molecule has 1 aliphatic rings. The van der Waals surface area contributed by atoms with Gasteiger partial charge in [0.25, 0.3) is 0 Å². The van der Waals surface area contributed by atoms with Crippen LogP contribution in [0.5, 0.6) is 11.5 Å². The lowest BCUT2D eigenvalue weighted by Gasteiger charge is -2.23. The Balaban J connectivity index is 2.05. The lowest BCUT2D eigenvalue weighted by atomic mass is 10.0. The van der Waals surface area contributed by atoms with Crippen LogP contribution in [-0.2, 0) is 6.54 Å². The summed E-state index contributed by atoms with van der Waals surface area (Å²) < 4.78 is 11.0. The molecule has 1 saturated heterocycles. The van der Waals surface area contributed by atoms with Gasteiger partial charge in [0.2, 0.25) is 0 Å². The van der Waals surface area contributed by atoms with E-state index in [2.05, 4.69) is 30.0 Å². The van der Waals surface area contributed by atoms with Crippen molar-refractivity contribution in [1.82, 2.24) is 9.80 Å². The maximum absolute atomic E-state index is 9.56. The van der Waals surface area contributed by atoms with Crippen LogP contribution < -0.4 is 9.47 Å². The van der Waals surface area contributed by atoms with Crippen LogP contribution in [0.25, 0.3) is 0 Å². The minimum Gasteiger partial charge on any atom is -0.493 e.